The van der Waals surface area contributed by atoms with Crippen molar-refractivity contribution in [3.8, 4) is 0 Å². The van der Waals surface area contributed by atoms with Crippen LogP contribution >= 0.6 is 0 Å². The summed E-state index contributed by atoms with van der Waals surface area (Å²) in [5, 5.41) is 5.81. The predicted molar refractivity (Wildman–Crippen MR) is 251 cm³/mol. The molecule has 8 aliphatic rings. The maximum absolute atomic E-state index is 2.65. The van der Waals surface area contributed by atoms with Crippen molar-refractivity contribution >= 4 is 28.4 Å². The summed E-state index contributed by atoms with van der Waals surface area (Å²) in [6.45, 7) is 4.76. The number of rotatable bonds is 10. The molecule has 0 spiro atoms. The van der Waals surface area contributed by atoms with E-state index in [1.54, 1.807) is 27.9 Å². The second kappa shape index (κ2) is 16.8. The van der Waals surface area contributed by atoms with Crippen molar-refractivity contribution in [2.75, 3.05) is 0 Å². The number of allylic oxidation sites excluding steroid dienone is 18. The van der Waals surface area contributed by atoms with Gasteiger partial charge in [-0.05, 0) is 137 Å². The molecule has 8 aliphatic carbocycles. The van der Waals surface area contributed by atoms with Crippen molar-refractivity contribution in [1.82, 2.24) is 4.90 Å². The van der Waals surface area contributed by atoms with Gasteiger partial charge in [0.2, 0.25) is 0 Å². The number of fused-ring (bicyclic) bond motifs is 5. The van der Waals surface area contributed by atoms with E-state index in [-0.39, 0.29) is 0 Å². The van der Waals surface area contributed by atoms with E-state index < -0.39 is 0 Å². The molecule has 0 bridgehead atoms. The van der Waals surface area contributed by atoms with Crippen molar-refractivity contribution in [1.29, 1.82) is 0 Å². The molecule has 0 saturated carbocycles. The lowest BCUT2D eigenvalue weighted by atomic mass is 9.68. The van der Waals surface area contributed by atoms with Crippen LogP contribution in [0.2, 0.25) is 0 Å². The molecule has 0 N–H and O–H groups in total. The Morgan fingerprint density at radius 1 is 0.797 bits per heavy atom. The van der Waals surface area contributed by atoms with Gasteiger partial charge in [-0.2, -0.15) is 0 Å². The first-order valence-corrected chi connectivity index (χ1v) is 23.2. The summed E-state index contributed by atoms with van der Waals surface area (Å²) in [6, 6.07) is 17.0. The van der Waals surface area contributed by atoms with Crippen molar-refractivity contribution in [3.63, 3.8) is 0 Å². The van der Waals surface area contributed by atoms with E-state index in [9.17, 15) is 0 Å². The van der Waals surface area contributed by atoms with Crippen LogP contribution < -0.4 is 20.9 Å². The van der Waals surface area contributed by atoms with E-state index in [1.165, 1.54) is 75.4 Å². The van der Waals surface area contributed by atoms with Gasteiger partial charge in [-0.3, -0.25) is 0 Å². The minimum atomic E-state index is 0.325. The highest BCUT2D eigenvalue weighted by Crippen LogP contribution is 2.46. The van der Waals surface area contributed by atoms with Crippen LogP contribution in [0, 0.1) is 29.6 Å². The van der Waals surface area contributed by atoms with Crippen LogP contribution in [-0.4, -0.2) is 10.9 Å². The molecule has 2 aromatic rings. The summed E-state index contributed by atoms with van der Waals surface area (Å²) in [6.07, 6.45) is 57.6. The highest BCUT2D eigenvalue weighted by molar-refractivity contribution is 5.96. The lowest BCUT2D eigenvalue weighted by Crippen LogP contribution is -2.42. The average Bonchev–Trinajstić information content (AvgIpc) is 3.30. The highest BCUT2D eigenvalue weighted by Gasteiger charge is 2.35. The van der Waals surface area contributed by atoms with Crippen molar-refractivity contribution in [2.45, 2.75) is 96.9 Å². The van der Waals surface area contributed by atoms with Gasteiger partial charge in [-0.25, -0.2) is 0 Å². The largest absolute Gasteiger partial charge is 0.345 e. The minimum absolute atomic E-state index is 0.325. The Labute approximate surface area is 353 Å². The third kappa shape index (κ3) is 7.19. The van der Waals surface area contributed by atoms with E-state index in [4.69, 9.17) is 0 Å². The lowest BCUT2D eigenvalue weighted by molar-refractivity contribution is 0.292. The molecule has 0 aromatic heterocycles. The first kappa shape index (κ1) is 38.1. The van der Waals surface area contributed by atoms with Crippen LogP contribution in [0.1, 0.15) is 96.5 Å². The summed E-state index contributed by atoms with van der Waals surface area (Å²) in [5.74, 6) is 2.23. The molecule has 6 atom stereocenters. The van der Waals surface area contributed by atoms with Gasteiger partial charge in [0.25, 0.3) is 0 Å². The molecule has 0 heterocycles. The molecule has 59 heavy (non-hydrogen) atoms. The van der Waals surface area contributed by atoms with E-state index in [1.807, 2.05) is 0 Å². The second-order valence-corrected chi connectivity index (χ2v) is 18.1. The normalized spacial score (nSPS) is 27.0. The predicted octanol–water partition coefficient (Wildman–Crippen LogP) is 11.5. The SMILES string of the molecule is CCCC/C=C/N(C1=CC2C=CC=C[C@@H]2C2=C1C=CCC2)[C@H](C)C1C=CC(c2ccc3c(c2)=C(C2C=CC=CC2)C2=CCCCC2C=3C2=c3ccccc3=CCC2)=CC1. The summed E-state index contributed by atoms with van der Waals surface area (Å²) in [7, 11) is 0. The summed E-state index contributed by atoms with van der Waals surface area (Å²) in [4.78, 5) is 2.65. The van der Waals surface area contributed by atoms with Crippen LogP contribution in [-0.2, 0) is 0 Å². The van der Waals surface area contributed by atoms with Gasteiger partial charge >= 0.3 is 0 Å². The Balaban J connectivity index is 1.03. The fraction of sp³-hybridized carbons (Fsp3) is 0.345. The summed E-state index contributed by atoms with van der Waals surface area (Å²) in [5.41, 5.74) is 13.6. The van der Waals surface area contributed by atoms with Crippen LogP contribution in [0.15, 0.2) is 168 Å². The number of hydrogen-bond acceptors (Lipinski definition) is 1. The van der Waals surface area contributed by atoms with Gasteiger partial charge in [0.05, 0.1) is 0 Å². The smallest absolute Gasteiger partial charge is 0.0447 e. The van der Waals surface area contributed by atoms with E-state index in [0.29, 0.717) is 35.6 Å². The fourth-order valence-corrected chi connectivity index (χ4v) is 11.6. The van der Waals surface area contributed by atoms with Crippen molar-refractivity contribution in [3.05, 3.63) is 195 Å². The maximum Gasteiger partial charge on any atom is 0.0447 e. The van der Waals surface area contributed by atoms with Crippen molar-refractivity contribution in [2.24, 2.45) is 29.6 Å². The van der Waals surface area contributed by atoms with Gasteiger partial charge in [-0.15, -0.1) is 0 Å². The minimum Gasteiger partial charge on any atom is -0.345 e. The van der Waals surface area contributed by atoms with E-state index >= 15 is 0 Å². The molecule has 10 rings (SSSR count). The lowest BCUT2D eigenvalue weighted by Gasteiger charge is -2.41. The third-order valence-corrected chi connectivity index (χ3v) is 14.6. The molecule has 4 unspecified atom stereocenters. The Morgan fingerprint density at radius 2 is 1.71 bits per heavy atom. The second-order valence-electron chi connectivity index (χ2n) is 18.1. The Bertz CT molecular complexity index is 2620. The Morgan fingerprint density at radius 3 is 2.59 bits per heavy atom. The van der Waals surface area contributed by atoms with Gasteiger partial charge < -0.3 is 4.90 Å². The number of nitrogens with zero attached hydrogens (tertiary/aromatic N) is 1. The molecule has 1 heteroatoms. The van der Waals surface area contributed by atoms with Crippen LogP contribution in [0.5, 0.6) is 0 Å². The zero-order chi connectivity index (χ0) is 39.7. The van der Waals surface area contributed by atoms with Gasteiger partial charge in [0.1, 0.15) is 0 Å². The first-order valence-electron chi connectivity index (χ1n) is 23.2. The Hall–Kier alpha value is -5.14. The van der Waals surface area contributed by atoms with Crippen LogP contribution in [0.3, 0.4) is 0 Å². The van der Waals surface area contributed by atoms with Gasteiger partial charge in [0.15, 0.2) is 0 Å². The zero-order valence-corrected chi connectivity index (χ0v) is 35.3. The molecule has 0 radical (unpaired) electrons. The average molecular weight is 772 g/mol. The molecular formula is C58H61N. The van der Waals surface area contributed by atoms with E-state index in [0.717, 1.165) is 44.9 Å². The molecule has 2 aromatic carbocycles. The first-order chi connectivity index (χ1) is 29.2. The molecule has 0 amide bonds. The standard InChI is InChI=1S/C58H61N/c1-3-4-5-17-37-59(56-39-46-22-10-12-25-48(46)49-26-13-14-27-50(49)56)40(2)41-31-33-42(34-32-41)45-35-36-54-55(38-45)57(44-20-7-6-8-21-44)52-28-15-16-29-53(52)58(54)51-30-18-23-43-19-9-11-24-47(43)51/h6-12,14,17,19-20,22-25,27-28,31,33-41,44,46,48,53H,3-5,13,15-16,18,21,26,29-30,32H2,1-2H3/b37-17+/t40-,41?,44?,46?,48+,53?/m1/s1. The molecule has 0 fully saturated rings. The van der Waals surface area contributed by atoms with Crippen molar-refractivity contribution < 1.29 is 0 Å². The number of benzene rings is 2. The molecule has 298 valence electrons. The fourth-order valence-electron chi connectivity index (χ4n) is 11.6. The van der Waals surface area contributed by atoms with Crippen LogP contribution in [0.25, 0.3) is 28.4 Å². The van der Waals surface area contributed by atoms with Gasteiger partial charge in [0, 0.05) is 47.5 Å². The molecule has 0 aliphatic heterocycles. The molecule has 0 saturated heterocycles. The number of hydrogen-bond donors (Lipinski definition) is 0. The molecular weight excluding hydrogens is 711 g/mol. The van der Waals surface area contributed by atoms with Gasteiger partial charge in [-0.1, -0.05) is 165 Å². The summed E-state index contributed by atoms with van der Waals surface area (Å²) < 4.78 is 0. The van der Waals surface area contributed by atoms with Crippen LogP contribution in [0.4, 0.5) is 0 Å². The quantitative estimate of drug-likeness (QED) is 0.218. The third-order valence-electron chi connectivity index (χ3n) is 14.6. The zero-order valence-electron chi connectivity index (χ0n) is 35.3. The highest BCUT2D eigenvalue weighted by atomic mass is 15.2. The monoisotopic (exact) mass is 771 g/mol. The Kier molecular flexibility index (Phi) is 10.9. The molecule has 1 nitrogen and oxygen atoms in total. The summed E-state index contributed by atoms with van der Waals surface area (Å²) >= 11 is 0. The number of unbranched alkanes of at least 4 members (excludes halogenated alkanes) is 2. The topological polar surface area (TPSA) is 3.24 Å². The maximum atomic E-state index is 2.65. The van der Waals surface area contributed by atoms with E-state index in [2.05, 4.69) is 171 Å².